The molecule has 1 N–H and O–H groups in total. The first-order valence-corrected chi connectivity index (χ1v) is 11.6. The lowest BCUT2D eigenvalue weighted by Crippen LogP contribution is -2.30. The third kappa shape index (κ3) is 5.39. The Morgan fingerprint density at radius 1 is 0.941 bits per heavy atom. The van der Waals surface area contributed by atoms with E-state index in [9.17, 15) is 4.79 Å². The fraction of sp³-hybridized carbons (Fsp3) is 0.286. The molecule has 0 aliphatic rings. The number of hydrogen-bond acceptors (Lipinski definition) is 4. The lowest BCUT2D eigenvalue weighted by molar-refractivity contribution is -0.121. The Kier molecular flexibility index (Phi) is 7.48. The molecule has 6 heteroatoms. The van der Waals surface area contributed by atoms with E-state index in [4.69, 9.17) is 14.5 Å². The molecule has 0 saturated carbocycles. The van der Waals surface area contributed by atoms with E-state index in [1.807, 2.05) is 49.4 Å². The number of nitrogens with one attached hydrogen (secondary N) is 1. The number of ether oxygens (including phenoxy) is 2. The molecule has 0 spiro atoms. The van der Waals surface area contributed by atoms with Gasteiger partial charge in [-0.3, -0.25) is 4.79 Å². The average molecular weight is 458 g/mol. The van der Waals surface area contributed by atoms with Gasteiger partial charge in [0.15, 0.2) is 11.5 Å². The quantitative estimate of drug-likeness (QED) is 0.360. The zero-order valence-corrected chi connectivity index (χ0v) is 20.0. The largest absolute Gasteiger partial charge is 0.493 e. The molecule has 0 bridgehead atoms. The molecule has 0 aliphatic carbocycles. The van der Waals surface area contributed by atoms with Crippen molar-refractivity contribution in [3.05, 3.63) is 89.7 Å². The number of carbonyl (C=O) groups excluding carboxylic acids is 1. The fourth-order valence-electron chi connectivity index (χ4n) is 4.28. The molecule has 1 amide bonds. The summed E-state index contributed by atoms with van der Waals surface area (Å²) in [7, 11) is 3.18. The van der Waals surface area contributed by atoms with Gasteiger partial charge in [-0.1, -0.05) is 48.5 Å². The molecule has 0 fully saturated rings. The maximum atomic E-state index is 12.9. The fourth-order valence-corrected chi connectivity index (χ4v) is 4.28. The zero-order chi connectivity index (χ0) is 23.9. The number of para-hydroxylation sites is 2. The van der Waals surface area contributed by atoms with Gasteiger partial charge in [0.2, 0.25) is 5.91 Å². The van der Waals surface area contributed by atoms with E-state index in [2.05, 4.69) is 40.2 Å². The van der Waals surface area contributed by atoms with Crippen molar-refractivity contribution in [2.45, 2.75) is 38.8 Å². The van der Waals surface area contributed by atoms with Gasteiger partial charge in [0.25, 0.3) is 0 Å². The Morgan fingerprint density at radius 2 is 1.68 bits per heavy atom. The maximum absolute atomic E-state index is 12.9. The summed E-state index contributed by atoms with van der Waals surface area (Å²) in [5.74, 6) is 2.06. The van der Waals surface area contributed by atoms with Crippen LogP contribution in [0.2, 0.25) is 0 Å². The molecule has 0 aliphatic heterocycles. The first-order chi connectivity index (χ1) is 16.6. The predicted molar refractivity (Wildman–Crippen MR) is 134 cm³/mol. The van der Waals surface area contributed by atoms with Crippen molar-refractivity contribution < 1.29 is 14.3 Å². The lowest BCUT2D eigenvalue weighted by atomic mass is 10.1. The highest BCUT2D eigenvalue weighted by atomic mass is 16.5. The highest BCUT2D eigenvalue weighted by Gasteiger charge is 2.19. The summed E-state index contributed by atoms with van der Waals surface area (Å²) in [6.45, 7) is 2.82. The van der Waals surface area contributed by atoms with Crippen LogP contribution in [0, 0.1) is 0 Å². The van der Waals surface area contributed by atoms with Gasteiger partial charge in [-0.05, 0) is 55.2 Å². The Hall–Kier alpha value is -3.80. The van der Waals surface area contributed by atoms with Crippen molar-refractivity contribution in [2.75, 3.05) is 14.2 Å². The number of carbonyl (C=O) groups is 1. The first-order valence-electron chi connectivity index (χ1n) is 11.6. The molecule has 4 rings (SSSR count). The van der Waals surface area contributed by atoms with Crippen molar-refractivity contribution in [2.24, 2.45) is 0 Å². The van der Waals surface area contributed by atoms with Crippen LogP contribution in [0.4, 0.5) is 0 Å². The molecule has 1 atom stereocenters. The number of rotatable bonds is 10. The second-order valence-electron chi connectivity index (χ2n) is 8.35. The van der Waals surface area contributed by atoms with E-state index >= 15 is 0 Å². The number of fused-ring (bicyclic) bond motifs is 1. The van der Waals surface area contributed by atoms with Crippen LogP contribution in [0.5, 0.6) is 11.5 Å². The third-order valence-electron chi connectivity index (χ3n) is 5.95. The minimum absolute atomic E-state index is 0.0670. The average Bonchev–Trinajstić information content (AvgIpc) is 3.23. The number of aromatic nitrogens is 2. The molecule has 34 heavy (non-hydrogen) atoms. The second-order valence-corrected chi connectivity index (χ2v) is 8.35. The van der Waals surface area contributed by atoms with Crippen LogP contribution in [0.3, 0.4) is 0 Å². The van der Waals surface area contributed by atoms with Gasteiger partial charge in [-0.15, -0.1) is 0 Å². The van der Waals surface area contributed by atoms with Gasteiger partial charge < -0.3 is 19.4 Å². The summed E-state index contributed by atoms with van der Waals surface area (Å²) >= 11 is 0. The predicted octanol–water partition coefficient (Wildman–Crippen LogP) is 5.11. The molecule has 1 unspecified atom stereocenters. The molecule has 4 aromatic rings. The van der Waals surface area contributed by atoms with Crippen molar-refractivity contribution in [1.82, 2.24) is 14.9 Å². The van der Waals surface area contributed by atoms with Crippen LogP contribution in [-0.4, -0.2) is 29.7 Å². The van der Waals surface area contributed by atoms with Gasteiger partial charge in [-0.2, -0.15) is 0 Å². The summed E-state index contributed by atoms with van der Waals surface area (Å²) in [5.41, 5.74) is 4.22. The minimum atomic E-state index is -0.225. The number of aryl methyl sites for hydroxylation is 2. The van der Waals surface area contributed by atoms with E-state index in [1.165, 1.54) is 5.56 Å². The van der Waals surface area contributed by atoms with Crippen LogP contribution in [0.1, 0.15) is 36.3 Å². The van der Waals surface area contributed by atoms with Gasteiger partial charge in [-0.25, -0.2) is 4.98 Å². The SMILES string of the molecule is COc1ccc(CC(=O)NC(C)c2nc3ccccc3n2CCCc2ccccc2)cc1OC. The molecular weight excluding hydrogens is 426 g/mol. The number of nitrogens with zero attached hydrogens (tertiary/aromatic N) is 2. The molecule has 6 nitrogen and oxygen atoms in total. The van der Waals surface area contributed by atoms with Gasteiger partial charge in [0.05, 0.1) is 37.7 Å². The van der Waals surface area contributed by atoms with Gasteiger partial charge in [0.1, 0.15) is 5.82 Å². The Morgan fingerprint density at radius 3 is 2.44 bits per heavy atom. The molecule has 0 saturated heterocycles. The minimum Gasteiger partial charge on any atom is -0.493 e. The monoisotopic (exact) mass is 457 g/mol. The molecular formula is C28H31N3O3. The van der Waals surface area contributed by atoms with Crippen LogP contribution in [0.25, 0.3) is 11.0 Å². The van der Waals surface area contributed by atoms with E-state index < -0.39 is 0 Å². The highest BCUT2D eigenvalue weighted by Crippen LogP contribution is 2.28. The second kappa shape index (κ2) is 10.9. The first kappa shape index (κ1) is 23.4. The Balaban J connectivity index is 1.47. The zero-order valence-electron chi connectivity index (χ0n) is 20.0. The summed E-state index contributed by atoms with van der Waals surface area (Å²) < 4.78 is 12.9. The molecule has 3 aromatic carbocycles. The van der Waals surface area contributed by atoms with Gasteiger partial charge >= 0.3 is 0 Å². The summed E-state index contributed by atoms with van der Waals surface area (Å²) in [6.07, 6.45) is 2.23. The van der Waals surface area contributed by atoms with Crippen LogP contribution < -0.4 is 14.8 Å². The van der Waals surface area contributed by atoms with E-state index in [0.717, 1.165) is 41.8 Å². The number of imidazole rings is 1. The van der Waals surface area contributed by atoms with Crippen molar-refractivity contribution >= 4 is 16.9 Å². The number of amides is 1. The van der Waals surface area contributed by atoms with Crippen LogP contribution in [0.15, 0.2) is 72.8 Å². The standard InChI is InChI=1S/C28H31N3O3/c1-20(29-27(32)19-22-15-16-25(33-2)26(18-22)34-3)28-30-23-13-7-8-14-24(23)31(28)17-9-12-21-10-5-4-6-11-21/h4-8,10-11,13-16,18,20H,9,12,17,19H2,1-3H3,(H,29,32). The lowest BCUT2D eigenvalue weighted by Gasteiger charge is -2.17. The smallest absolute Gasteiger partial charge is 0.224 e. The van der Waals surface area contributed by atoms with Crippen molar-refractivity contribution in [3.8, 4) is 11.5 Å². The number of hydrogen-bond donors (Lipinski definition) is 1. The van der Waals surface area contributed by atoms with Gasteiger partial charge in [0, 0.05) is 6.54 Å². The Bertz CT molecular complexity index is 1250. The third-order valence-corrected chi connectivity index (χ3v) is 5.95. The van der Waals surface area contributed by atoms with E-state index in [1.54, 1.807) is 14.2 Å². The summed E-state index contributed by atoms with van der Waals surface area (Å²) in [5, 5.41) is 3.13. The van der Waals surface area contributed by atoms with E-state index in [0.29, 0.717) is 11.5 Å². The summed E-state index contributed by atoms with van der Waals surface area (Å²) in [4.78, 5) is 17.7. The topological polar surface area (TPSA) is 65.4 Å². The molecule has 1 aromatic heterocycles. The Labute approximate surface area is 200 Å². The normalized spacial score (nSPS) is 11.9. The van der Waals surface area contributed by atoms with Crippen molar-refractivity contribution in [1.29, 1.82) is 0 Å². The van der Waals surface area contributed by atoms with Crippen molar-refractivity contribution in [3.63, 3.8) is 0 Å². The number of benzene rings is 3. The maximum Gasteiger partial charge on any atom is 0.224 e. The highest BCUT2D eigenvalue weighted by molar-refractivity contribution is 5.80. The van der Waals surface area contributed by atoms with Crippen LogP contribution >= 0.6 is 0 Å². The number of methoxy groups -OCH3 is 2. The molecule has 0 radical (unpaired) electrons. The van der Waals surface area contributed by atoms with Crippen LogP contribution in [-0.2, 0) is 24.2 Å². The molecule has 1 heterocycles. The molecule has 176 valence electrons. The van der Waals surface area contributed by atoms with E-state index in [-0.39, 0.29) is 18.4 Å². The summed E-state index contributed by atoms with van der Waals surface area (Å²) in [6, 6.07) is 23.9.